The van der Waals surface area contributed by atoms with Gasteiger partial charge in [0.2, 0.25) is 6.23 Å². The molecule has 6 rings (SSSR count). The summed E-state index contributed by atoms with van der Waals surface area (Å²) in [7, 11) is 0. The summed E-state index contributed by atoms with van der Waals surface area (Å²) in [6, 6.07) is 12.7. The first kappa shape index (κ1) is 27.7. The number of alkyl halides is 3. The zero-order chi connectivity index (χ0) is 28.6. The van der Waals surface area contributed by atoms with Gasteiger partial charge in [-0.2, -0.15) is 13.2 Å². The SMILES string of the molecule is O=c1[nH]c(=S)n(CC2=NOC(c3ccc(-c4ccc(C(F)(F)F)cc4)cc3)N2CCN2CCOCC2)c2c1CCC2. The largest absolute Gasteiger partial charge is 0.416 e. The Hall–Kier alpha value is -3.48. The number of morpholine rings is 1. The van der Waals surface area contributed by atoms with Crippen molar-refractivity contribution in [2.45, 2.75) is 38.2 Å². The number of aromatic amines is 1. The molecule has 0 radical (unpaired) electrons. The second kappa shape index (κ2) is 11.4. The lowest BCUT2D eigenvalue weighted by atomic mass is 10.0. The Morgan fingerprint density at radius 2 is 1.66 bits per heavy atom. The van der Waals surface area contributed by atoms with Crippen LogP contribution >= 0.6 is 12.2 Å². The van der Waals surface area contributed by atoms with Gasteiger partial charge in [0.25, 0.3) is 5.56 Å². The van der Waals surface area contributed by atoms with Crippen molar-refractivity contribution in [3.8, 4) is 11.1 Å². The number of fused-ring (bicyclic) bond motifs is 1. The molecule has 1 atom stereocenters. The maximum Gasteiger partial charge on any atom is 0.416 e. The fourth-order valence-electron chi connectivity index (χ4n) is 5.67. The first-order chi connectivity index (χ1) is 19.8. The molecule has 1 aliphatic carbocycles. The van der Waals surface area contributed by atoms with Crippen LogP contribution in [0.4, 0.5) is 13.2 Å². The molecular weight excluding hydrogens is 555 g/mol. The van der Waals surface area contributed by atoms with Crippen molar-refractivity contribution >= 4 is 18.1 Å². The third-order valence-electron chi connectivity index (χ3n) is 7.93. The molecule has 1 unspecified atom stereocenters. The van der Waals surface area contributed by atoms with Gasteiger partial charge in [-0.25, -0.2) is 0 Å². The van der Waals surface area contributed by atoms with Gasteiger partial charge in [0, 0.05) is 43.0 Å². The van der Waals surface area contributed by atoms with E-state index in [0.29, 0.717) is 42.5 Å². The summed E-state index contributed by atoms with van der Waals surface area (Å²) in [6.07, 6.45) is -2.41. The highest BCUT2D eigenvalue weighted by atomic mass is 32.1. The number of nitrogens with one attached hydrogen (secondary N) is 1. The predicted octanol–water partition coefficient (Wildman–Crippen LogP) is 4.76. The molecule has 0 saturated carbocycles. The lowest BCUT2D eigenvalue weighted by Crippen LogP contribution is -2.43. The Bertz CT molecular complexity index is 1540. The van der Waals surface area contributed by atoms with Gasteiger partial charge in [0.05, 0.1) is 25.3 Å². The fourth-order valence-corrected chi connectivity index (χ4v) is 5.94. The molecule has 216 valence electrons. The molecule has 1 saturated heterocycles. The van der Waals surface area contributed by atoms with Crippen LogP contribution in [0.1, 0.15) is 35.0 Å². The Labute approximate surface area is 240 Å². The van der Waals surface area contributed by atoms with Crippen molar-refractivity contribution in [2.75, 3.05) is 39.4 Å². The Balaban J connectivity index is 1.24. The Morgan fingerprint density at radius 1 is 0.976 bits per heavy atom. The van der Waals surface area contributed by atoms with Crippen molar-refractivity contribution in [2.24, 2.45) is 5.16 Å². The Morgan fingerprint density at radius 3 is 2.34 bits per heavy atom. The molecule has 0 spiro atoms. The molecule has 12 heteroatoms. The van der Waals surface area contributed by atoms with Crippen LogP contribution in [0.15, 0.2) is 58.5 Å². The number of aromatic nitrogens is 2. The molecule has 8 nitrogen and oxygen atoms in total. The molecule has 41 heavy (non-hydrogen) atoms. The highest BCUT2D eigenvalue weighted by molar-refractivity contribution is 7.71. The van der Waals surface area contributed by atoms with E-state index >= 15 is 0 Å². The first-order valence-corrected chi connectivity index (χ1v) is 14.1. The third-order valence-corrected chi connectivity index (χ3v) is 8.25. The minimum absolute atomic E-state index is 0.112. The molecule has 3 aliphatic rings. The molecule has 3 heterocycles. The molecule has 1 aromatic heterocycles. The van der Waals surface area contributed by atoms with Crippen LogP contribution in [-0.2, 0) is 35.1 Å². The highest BCUT2D eigenvalue weighted by Gasteiger charge is 2.33. The number of rotatable bonds is 7. The number of halogens is 3. The molecule has 3 aromatic rings. The van der Waals surface area contributed by atoms with Crippen LogP contribution in [0.5, 0.6) is 0 Å². The highest BCUT2D eigenvalue weighted by Crippen LogP contribution is 2.33. The van der Waals surface area contributed by atoms with Gasteiger partial charge in [-0.1, -0.05) is 41.6 Å². The van der Waals surface area contributed by atoms with E-state index in [-0.39, 0.29) is 5.56 Å². The van der Waals surface area contributed by atoms with Gasteiger partial charge in [-0.3, -0.25) is 14.7 Å². The summed E-state index contributed by atoms with van der Waals surface area (Å²) in [6.45, 7) is 4.93. The fraction of sp³-hybridized carbons (Fsp3) is 0.414. The normalized spacial score (nSPS) is 19.2. The third kappa shape index (κ3) is 5.81. The first-order valence-electron chi connectivity index (χ1n) is 13.7. The van der Waals surface area contributed by atoms with Crippen molar-refractivity contribution in [1.29, 1.82) is 0 Å². The van der Waals surface area contributed by atoms with E-state index in [4.69, 9.17) is 21.8 Å². The zero-order valence-electron chi connectivity index (χ0n) is 22.3. The smallest absolute Gasteiger partial charge is 0.379 e. The zero-order valence-corrected chi connectivity index (χ0v) is 23.1. The summed E-state index contributed by atoms with van der Waals surface area (Å²) < 4.78 is 46.8. The number of ether oxygens (including phenoxy) is 1. The van der Waals surface area contributed by atoms with Gasteiger partial charge < -0.3 is 19.0 Å². The monoisotopic (exact) mass is 585 g/mol. The lowest BCUT2D eigenvalue weighted by Gasteiger charge is -2.31. The van der Waals surface area contributed by atoms with E-state index in [1.54, 1.807) is 0 Å². The van der Waals surface area contributed by atoms with Crippen molar-refractivity contribution in [1.82, 2.24) is 19.4 Å². The maximum atomic E-state index is 13.0. The van der Waals surface area contributed by atoms with E-state index in [1.807, 2.05) is 28.8 Å². The number of hydrogen-bond donors (Lipinski definition) is 1. The number of hydrogen-bond acceptors (Lipinski definition) is 7. The molecule has 2 aliphatic heterocycles. The van der Waals surface area contributed by atoms with Crippen LogP contribution in [0, 0.1) is 4.77 Å². The number of benzene rings is 2. The van der Waals surface area contributed by atoms with Crippen LogP contribution in [0.2, 0.25) is 0 Å². The van der Waals surface area contributed by atoms with Crippen LogP contribution in [0.3, 0.4) is 0 Å². The van der Waals surface area contributed by atoms with E-state index in [1.165, 1.54) is 12.1 Å². The summed E-state index contributed by atoms with van der Waals surface area (Å²) >= 11 is 5.54. The minimum Gasteiger partial charge on any atom is -0.379 e. The van der Waals surface area contributed by atoms with Crippen molar-refractivity contribution < 1.29 is 22.7 Å². The van der Waals surface area contributed by atoms with Gasteiger partial charge in [-0.15, -0.1) is 0 Å². The summed E-state index contributed by atoms with van der Waals surface area (Å²) in [5.74, 6) is 0.715. The van der Waals surface area contributed by atoms with Gasteiger partial charge in [-0.05, 0) is 54.7 Å². The van der Waals surface area contributed by atoms with E-state index in [2.05, 4.69) is 19.9 Å². The minimum atomic E-state index is -4.37. The van der Waals surface area contributed by atoms with E-state index in [9.17, 15) is 18.0 Å². The van der Waals surface area contributed by atoms with E-state index in [0.717, 1.165) is 73.4 Å². The topological polar surface area (TPSA) is 75.1 Å². The molecule has 1 fully saturated rings. The average molecular weight is 586 g/mol. The number of amidine groups is 1. The van der Waals surface area contributed by atoms with Crippen LogP contribution in [-0.4, -0.2) is 64.6 Å². The average Bonchev–Trinajstić information content (AvgIpc) is 3.62. The number of H-pyrrole nitrogens is 1. The molecule has 0 amide bonds. The predicted molar refractivity (Wildman–Crippen MR) is 150 cm³/mol. The van der Waals surface area contributed by atoms with E-state index < -0.39 is 18.0 Å². The summed E-state index contributed by atoms with van der Waals surface area (Å²) in [5, 5.41) is 4.47. The van der Waals surface area contributed by atoms with Crippen molar-refractivity contribution in [3.63, 3.8) is 0 Å². The summed E-state index contributed by atoms with van der Waals surface area (Å²) in [5.41, 5.74) is 3.32. The Kier molecular flexibility index (Phi) is 7.71. The second-order valence-electron chi connectivity index (χ2n) is 10.4. The molecule has 2 aromatic carbocycles. The summed E-state index contributed by atoms with van der Waals surface area (Å²) in [4.78, 5) is 25.7. The quantitative estimate of drug-likeness (QED) is 0.404. The van der Waals surface area contributed by atoms with Gasteiger partial charge in [0.15, 0.2) is 10.6 Å². The lowest BCUT2D eigenvalue weighted by molar-refractivity contribution is -0.137. The van der Waals surface area contributed by atoms with Crippen LogP contribution < -0.4 is 5.56 Å². The van der Waals surface area contributed by atoms with Gasteiger partial charge >= 0.3 is 6.18 Å². The van der Waals surface area contributed by atoms with Crippen molar-refractivity contribution in [3.05, 3.63) is 86.0 Å². The number of oxime groups is 1. The number of nitrogens with zero attached hydrogens (tertiary/aromatic N) is 4. The molecule has 1 N–H and O–H groups in total. The maximum absolute atomic E-state index is 13.0. The molecular formula is C29H30F3N5O3S. The second-order valence-corrected chi connectivity index (χ2v) is 10.8. The standard InChI is InChI=1S/C29H30F3N5O3S/c30-29(31,32)22-10-8-20(9-11-22)19-4-6-21(7-5-19)27-36(13-12-35-14-16-39-17-15-35)25(34-40-27)18-37-24-3-1-2-23(24)26(38)33-28(37)41/h4-11,27H,1-3,12-18H2,(H,33,38,41). The van der Waals surface area contributed by atoms with Gasteiger partial charge in [0.1, 0.15) is 0 Å². The van der Waals surface area contributed by atoms with Crippen LogP contribution in [0.25, 0.3) is 11.1 Å². The molecule has 0 bridgehead atoms.